The van der Waals surface area contributed by atoms with Crippen molar-refractivity contribution in [2.75, 3.05) is 18.0 Å². The van der Waals surface area contributed by atoms with Crippen molar-refractivity contribution in [2.24, 2.45) is 0 Å². The van der Waals surface area contributed by atoms with Crippen LogP contribution >= 0.6 is 0 Å². The summed E-state index contributed by atoms with van der Waals surface area (Å²) in [6, 6.07) is 2.71. The largest absolute Gasteiger partial charge is 0.355 e. The number of aryl methyl sites for hydroxylation is 1. The van der Waals surface area contributed by atoms with Crippen molar-refractivity contribution < 1.29 is 18.8 Å². The lowest BCUT2D eigenvalue weighted by molar-refractivity contribution is -0.122. The van der Waals surface area contributed by atoms with Crippen molar-refractivity contribution in [1.82, 2.24) is 5.32 Å². The van der Waals surface area contributed by atoms with E-state index in [0.717, 1.165) is 17.7 Å². The van der Waals surface area contributed by atoms with Crippen molar-refractivity contribution in [3.63, 3.8) is 0 Å². The molecule has 112 valence electrons. The zero-order valence-electron chi connectivity index (χ0n) is 12.0. The summed E-state index contributed by atoms with van der Waals surface area (Å²) in [5.74, 6) is -2.70. The lowest BCUT2D eigenvalue weighted by Crippen LogP contribution is -2.40. The molecule has 0 radical (unpaired) electrons. The van der Waals surface area contributed by atoms with Crippen LogP contribution in [0.3, 0.4) is 0 Å². The molecule has 21 heavy (non-hydrogen) atoms. The monoisotopic (exact) mass is 292 g/mol. The Labute approximate surface area is 122 Å². The molecule has 0 bridgehead atoms. The Morgan fingerprint density at radius 3 is 2.71 bits per heavy atom. The molecule has 1 aliphatic heterocycles. The summed E-state index contributed by atoms with van der Waals surface area (Å²) >= 11 is 0. The second-order valence-electron chi connectivity index (χ2n) is 5.07. The number of halogens is 1. The standard InChI is InChI=1S/C15H17FN2O3/c1-3-4-5-17-12(19)8-18-13-10(14(20)15(18)21)6-9(2)7-11(13)16/h6-7H,3-5,8H2,1-2H3,(H,17,19). The number of nitrogens with one attached hydrogen (secondary N) is 1. The molecule has 0 unspecified atom stereocenters. The molecule has 0 atom stereocenters. The molecule has 0 aromatic heterocycles. The molecule has 6 heteroatoms. The van der Waals surface area contributed by atoms with Gasteiger partial charge in [-0.05, 0) is 31.0 Å². The van der Waals surface area contributed by atoms with Gasteiger partial charge in [0.2, 0.25) is 5.91 Å². The van der Waals surface area contributed by atoms with E-state index in [0.29, 0.717) is 12.1 Å². The minimum absolute atomic E-state index is 0.0267. The molecule has 0 aliphatic carbocycles. The van der Waals surface area contributed by atoms with Gasteiger partial charge in [0, 0.05) is 6.54 Å². The van der Waals surface area contributed by atoms with E-state index in [4.69, 9.17) is 0 Å². The number of rotatable bonds is 5. The molecule has 0 fully saturated rings. The molecule has 0 spiro atoms. The first-order chi connectivity index (χ1) is 9.95. The van der Waals surface area contributed by atoms with Crippen LogP contribution < -0.4 is 10.2 Å². The summed E-state index contributed by atoms with van der Waals surface area (Å²) in [4.78, 5) is 36.5. The fraction of sp³-hybridized carbons (Fsp3) is 0.400. The highest BCUT2D eigenvalue weighted by atomic mass is 19.1. The number of unbranched alkanes of at least 4 members (excludes halogenated alkanes) is 1. The van der Waals surface area contributed by atoms with Gasteiger partial charge in [-0.1, -0.05) is 13.3 Å². The zero-order chi connectivity index (χ0) is 15.6. The van der Waals surface area contributed by atoms with Crippen LogP contribution in [0.5, 0.6) is 0 Å². The van der Waals surface area contributed by atoms with Gasteiger partial charge in [-0.25, -0.2) is 4.39 Å². The number of hydrogen-bond acceptors (Lipinski definition) is 3. The number of amides is 2. The van der Waals surface area contributed by atoms with Crippen LogP contribution in [0.15, 0.2) is 12.1 Å². The Morgan fingerprint density at radius 2 is 2.05 bits per heavy atom. The molecule has 0 saturated heterocycles. The first kappa shape index (κ1) is 15.2. The Kier molecular flexibility index (Phi) is 4.35. The van der Waals surface area contributed by atoms with E-state index in [9.17, 15) is 18.8 Å². The summed E-state index contributed by atoms with van der Waals surface area (Å²) in [5.41, 5.74) is 0.488. The van der Waals surface area contributed by atoms with Crippen LogP contribution in [0, 0.1) is 12.7 Å². The molecule has 1 N–H and O–H groups in total. The van der Waals surface area contributed by atoms with Crippen LogP contribution in [0.25, 0.3) is 0 Å². The number of hydrogen-bond donors (Lipinski definition) is 1. The number of carbonyl (C=O) groups is 3. The second-order valence-corrected chi connectivity index (χ2v) is 5.07. The molecular formula is C15H17FN2O3. The zero-order valence-corrected chi connectivity index (χ0v) is 12.0. The fourth-order valence-electron chi connectivity index (χ4n) is 2.28. The highest BCUT2D eigenvalue weighted by molar-refractivity contribution is 6.52. The molecule has 1 heterocycles. The third kappa shape index (κ3) is 2.94. The molecule has 1 aromatic carbocycles. The maximum Gasteiger partial charge on any atom is 0.300 e. The minimum Gasteiger partial charge on any atom is -0.355 e. The summed E-state index contributed by atoms with van der Waals surface area (Å²) in [7, 11) is 0. The lowest BCUT2D eigenvalue weighted by atomic mass is 10.1. The first-order valence-corrected chi connectivity index (χ1v) is 6.88. The maximum atomic E-state index is 14.0. The summed E-state index contributed by atoms with van der Waals surface area (Å²) in [6.07, 6.45) is 1.75. The maximum absolute atomic E-state index is 14.0. The molecular weight excluding hydrogens is 275 g/mol. The highest BCUT2D eigenvalue weighted by Gasteiger charge is 2.39. The topological polar surface area (TPSA) is 66.5 Å². The van der Waals surface area contributed by atoms with Gasteiger partial charge in [0.25, 0.3) is 11.7 Å². The van der Waals surface area contributed by atoms with Crippen molar-refractivity contribution >= 4 is 23.3 Å². The number of carbonyl (C=O) groups excluding carboxylic acids is 3. The van der Waals surface area contributed by atoms with Crippen molar-refractivity contribution in [3.8, 4) is 0 Å². The molecule has 2 rings (SSSR count). The normalized spacial score (nSPS) is 13.6. The van der Waals surface area contributed by atoms with E-state index >= 15 is 0 Å². The average Bonchev–Trinajstić information content (AvgIpc) is 2.64. The van der Waals surface area contributed by atoms with Crippen molar-refractivity contribution in [2.45, 2.75) is 26.7 Å². The number of anilines is 1. The van der Waals surface area contributed by atoms with Crippen LogP contribution in [-0.4, -0.2) is 30.7 Å². The Morgan fingerprint density at radius 1 is 1.33 bits per heavy atom. The van der Waals surface area contributed by atoms with Crippen molar-refractivity contribution in [1.29, 1.82) is 0 Å². The van der Waals surface area contributed by atoms with E-state index in [-0.39, 0.29) is 17.8 Å². The van der Waals surface area contributed by atoms with Crippen LogP contribution in [0.4, 0.5) is 10.1 Å². The lowest BCUT2D eigenvalue weighted by Gasteiger charge is -2.16. The van der Waals surface area contributed by atoms with Gasteiger partial charge < -0.3 is 5.32 Å². The minimum atomic E-state index is -0.861. The predicted octanol–water partition coefficient (Wildman–Crippen LogP) is 1.58. The third-order valence-electron chi connectivity index (χ3n) is 3.32. The number of nitrogens with zero attached hydrogens (tertiary/aromatic N) is 1. The predicted molar refractivity (Wildman–Crippen MR) is 75.7 cm³/mol. The van der Waals surface area contributed by atoms with Crippen LogP contribution in [0.2, 0.25) is 0 Å². The first-order valence-electron chi connectivity index (χ1n) is 6.88. The molecule has 0 saturated carbocycles. The molecule has 1 aromatic rings. The van der Waals surface area contributed by atoms with E-state index in [1.807, 2.05) is 6.92 Å². The summed E-state index contributed by atoms with van der Waals surface area (Å²) in [6.45, 7) is 3.78. The number of Topliss-reactive ketones (excluding diaryl/α,β-unsaturated/α-hetero) is 1. The summed E-state index contributed by atoms with van der Waals surface area (Å²) < 4.78 is 14.0. The second kappa shape index (κ2) is 6.03. The van der Waals surface area contributed by atoms with E-state index in [1.165, 1.54) is 12.1 Å². The van der Waals surface area contributed by atoms with Crippen molar-refractivity contribution in [3.05, 3.63) is 29.1 Å². The number of benzene rings is 1. The highest BCUT2D eigenvalue weighted by Crippen LogP contribution is 2.32. The average molecular weight is 292 g/mol. The fourth-order valence-corrected chi connectivity index (χ4v) is 2.28. The van der Waals surface area contributed by atoms with Gasteiger partial charge in [-0.15, -0.1) is 0 Å². The van der Waals surface area contributed by atoms with Gasteiger partial charge in [-0.3, -0.25) is 19.3 Å². The van der Waals surface area contributed by atoms with Gasteiger partial charge in [0.05, 0.1) is 11.3 Å². The Hall–Kier alpha value is -2.24. The van der Waals surface area contributed by atoms with Crippen LogP contribution in [-0.2, 0) is 9.59 Å². The SMILES string of the molecule is CCCCNC(=O)CN1C(=O)C(=O)c2cc(C)cc(F)c21. The van der Waals surface area contributed by atoms with Gasteiger partial charge in [-0.2, -0.15) is 0 Å². The van der Waals surface area contributed by atoms with Gasteiger partial charge >= 0.3 is 0 Å². The smallest absolute Gasteiger partial charge is 0.300 e. The van der Waals surface area contributed by atoms with E-state index in [1.54, 1.807) is 6.92 Å². The molecule has 1 aliphatic rings. The van der Waals surface area contributed by atoms with Gasteiger partial charge in [0.15, 0.2) is 0 Å². The quantitative estimate of drug-likeness (QED) is 0.662. The molecule has 2 amide bonds. The van der Waals surface area contributed by atoms with Crippen LogP contribution in [0.1, 0.15) is 35.7 Å². The third-order valence-corrected chi connectivity index (χ3v) is 3.32. The number of ketones is 1. The van der Waals surface area contributed by atoms with Gasteiger partial charge in [0.1, 0.15) is 12.4 Å². The number of fused-ring (bicyclic) bond motifs is 1. The Bertz CT molecular complexity index is 613. The summed E-state index contributed by atoms with van der Waals surface area (Å²) in [5, 5.41) is 2.64. The molecule has 5 nitrogen and oxygen atoms in total. The van der Waals surface area contributed by atoms with E-state index < -0.39 is 23.4 Å². The van der Waals surface area contributed by atoms with E-state index in [2.05, 4.69) is 5.32 Å². The Balaban J connectivity index is 2.21.